The topological polar surface area (TPSA) is 0 Å². The van der Waals surface area contributed by atoms with E-state index in [0.717, 1.165) is 33.4 Å². The Morgan fingerprint density at radius 2 is 0.673 bits per heavy atom. The molecule has 0 aliphatic carbocycles. The predicted octanol–water partition coefficient (Wildman–Crippen LogP) is 14.0. The molecule has 0 aliphatic heterocycles. The van der Waals surface area contributed by atoms with E-state index in [1.807, 2.05) is 72.8 Å². The molecule has 256 valence electrons. The number of hydrogen-bond donors (Lipinski definition) is 0. The van der Waals surface area contributed by atoms with Gasteiger partial charge in [-0.25, -0.2) is 13.2 Å². The maximum atomic E-state index is 16.7. The van der Waals surface area contributed by atoms with Crippen molar-refractivity contribution < 1.29 is 13.2 Å². The maximum Gasteiger partial charge on any atom is 0.170 e. The van der Waals surface area contributed by atoms with E-state index in [2.05, 4.69) is 95.2 Å². The van der Waals surface area contributed by atoms with Crippen LogP contribution in [0.1, 0.15) is 105 Å². The first-order valence-electron chi connectivity index (χ1n) is 17.3. The van der Waals surface area contributed by atoms with E-state index in [4.69, 9.17) is 0 Å². The molecule has 0 aliphatic rings. The first-order valence-corrected chi connectivity index (χ1v) is 17.3. The van der Waals surface area contributed by atoms with Gasteiger partial charge < -0.3 is 0 Å². The van der Waals surface area contributed by atoms with Crippen LogP contribution in [0.25, 0.3) is 44.5 Å². The first-order chi connectivity index (χ1) is 22.6. The van der Waals surface area contributed by atoms with Crippen molar-refractivity contribution in [1.82, 2.24) is 0 Å². The van der Waals surface area contributed by atoms with E-state index in [1.165, 1.54) is 6.07 Å². The lowest BCUT2D eigenvalue weighted by molar-refractivity contribution is 0.501. The molecular formula is C46H51F3. The molecule has 5 aromatic carbocycles. The molecule has 5 rings (SSSR count). The van der Waals surface area contributed by atoms with Crippen LogP contribution in [0.5, 0.6) is 0 Å². The van der Waals surface area contributed by atoms with Gasteiger partial charge in [0.25, 0.3) is 0 Å². The third kappa shape index (κ3) is 7.42. The fourth-order valence-electron chi connectivity index (χ4n) is 6.29. The summed E-state index contributed by atoms with van der Waals surface area (Å²) in [5, 5.41) is 0. The molecular weight excluding hydrogens is 610 g/mol. The van der Waals surface area contributed by atoms with Crippen molar-refractivity contribution in [3.05, 3.63) is 131 Å². The second-order valence-corrected chi connectivity index (χ2v) is 17.6. The number of hydrogen-bond acceptors (Lipinski definition) is 0. The highest BCUT2D eigenvalue weighted by Crippen LogP contribution is 2.44. The molecule has 0 amide bonds. The van der Waals surface area contributed by atoms with E-state index in [9.17, 15) is 0 Å². The molecule has 0 nitrogen and oxygen atoms in total. The normalized spacial score (nSPS) is 12.8. The second kappa shape index (κ2) is 12.7. The lowest BCUT2D eigenvalue weighted by Gasteiger charge is -2.24. The number of rotatable bonds is 4. The van der Waals surface area contributed by atoms with Gasteiger partial charge in [-0.2, -0.15) is 0 Å². The van der Waals surface area contributed by atoms with Crippen LogP contribution in [0, 0.1) is 17.5 Å². The molecule has 5 aromatic rings. The summed E-state index contributed by atoms with van der Waals surface area (Å²) in [7, 11) is 0. The van der Waals surface area contributed by atoms with Crippen LogP contribution in [0.2, 0.25) is 0 Å². The lowest BCUT2D eigenvalue weighted by atomic mass is 9.81. The average Bonchev–Trinajstić information content (AvgIpc) is 3.01. The zero-order valence-electron chi connectivity index (χ0n) is 31.3. The fourth-order valence-corrected chi connectivity index (χ4v) is 6.29. The number of benzene rings is 5. The van der Waals surface area contributed by atoms with Gasteiger partial charge in [0.1, 0.15) is 5.82 Å². The van der Waals surface area contributed by atoms with Crippen molar-refractivity contribution in [2.24, 2.45) is 0 Å². The van der Waals surface area contributed by atoms with Crippen molar-refractivity contribution in [2.75, 3.05) is 0 Å². The predicted molar refractivity (Wildman–Crippen MR) is 203 cm³/mol. The van der Waals surface area contributed by atoms with Gasteiger partial charge in [-0.15, -0.1) is 0 Å². The molecule has 0 bridgehead atoms. The Bertz CT molecular complexity index is 1980. The summed E-state index contributed by atoms with van der Waals surface area (Å²) in [4.78, 5) is 0. The van der Waals surface area contributed by atoms with Crippen molar-refractivity contribution >= 4 is 0 Å². The van der Waals surface area contributed by atoms with Gasteiger partial charge in [0.05, 0.1) is 5.56 Å². The minimum atomic E-state index is -1.19. The smallest absolute Gasteiger partial charge is 0.170 e. The Kier molecular flexibility index (Phi) is 9.34. The summed E-state index contributed by atoms with van der Waals surface area (Å²) in [5.74, 6) is -3.06. The molecule has 0 heterocycles. The monoisotopic (exact) mass is 660 g/mol. The van der Waals surface area contributed by atoms with Crippen molar-refractivity contribution in [1.29, 1.82) is 0 Å². The summed E-state index contributed by atoms with van der Waals surface area (Å²) < 4.78 is 50.0. The molecule has 0 aromatic heterocycles. The highest BCUT2D eigenvalue weighted by atomic mass is 19.2. The Morgan fingerprint density at radius 1 is 0.327 bits per heavy atom. The number of halogens is 3. The molecule has 49 heavy (non-hydrogen) atoms. The quantitative estimate of drug-likeness (QED) is 0.168. The van der Waals surface area contributed by atoms with Crippen LogP contribution in [0.15, 0.2) is 91.0 Å². The van der Waals surface area contributed by atoms with Crippen LogP contribution >= 0.6 is 0 Å². The Hall–Kier alpha value is -4.11. The van der Waals surface area contributed by atoms with Crippen LogP contribution in [-0.2, 0) is 21.7 Å². The molecule has 0 unspecified atom stereocenters. The summed E-state index contributed by atoms with van der Waals surface area (Å²) in [6.45, 7) is 25.3. The third-order valence-corrected chi connectivity index (χ3v) is 9.61. The van der Waals surface area contributed by atoms with Crippen LogP contribution in [-0.4, -0.2) is 0 Å². The summed E-state index contributed by atoms with van der Waals surface area (Å²) >= 11 is 0. The second-order valence-electron chi connectivity index (χ2n) is 17.6. The molecule has 0 radical (unpaired) electrons. The Balaban J connectivity index is 1.75. The van der Waals surface area contributed by atoms with Crippen LogP contribution < -0.4 is 0 Å². The molecule has 0 saturated carbocycles. The maximum absolute atomic E-state index is 16.7. The molecule has 0 atom stereocenters. The van der Waals surface area contributed by atoms with E-state index in [-0.39, 0.29) is 32.8 Å². The van der Waals surface area contributed by atoms with Gasteiger partial charge in [0.2, 0.25) is 0 Å². The zero-order valence-corrected chi connectivity index (χ0v) is 31.3. The molecule has 0 saturated heterocycles. The van der Waals surface area contributed by atoms with Gasteiger partial charge in [-0.3, -0.25) is 0 Å². The molecule has 3 heteroatoms. The minimum absolute atomic E-state index is 0.0383. The standard InChI is InChI=1S/C46H51F3/c1-43(2,3)30-17-13-28(14-18-30)34-23-21-32(45(7,8)9)25-36(34)38-27-39(47)40(42(49)41(38)48)37-26-33(46(10,11)12)22-24-35(37)29-15-19-31(20-16-29)44(4,5)6/h13-27H,1-12H3. The Labute approximate surface area is 292 Å². The summed E-state index contributed by atoms with van der Waals surface area (Å²) in [6, 6.07) is 28.9. The van der Waals surface area contributed by atoms with Crippen molar-refractivity contribution in [3.63, 3.8) is 0 Å². The van der Waals surface area contributed by atoms with Crippen LogP contribution in [0.4, 0.5) is 13.2 Å². The van der Waals surface area contributed by atoms with Gasteiger partial charge in [0.15, 0.2) is 11.6 Å². The molecule has 0 N–H and O–H groups in total. The van der Waals surface area contributed by atoms with E-state index in [1.54, 1.807) is 0 Å². The average molecular weight is 661 g/mol. The fraction of sp³-hybridized carbons (Fsp3) is 0.348. The van der Waals surface area contributed by atoms with Gasteiger partial charge in [-0.1, -0.05) is 156 Å². The van der Waals surface area contributed by atoms with E-state index >= 15 is 13.2 Å². The van der Waals surface area contributed by atoms with E-state index in [0.29, 0.717) is 22.3 Å². The highest BCUT2D eigenvalue weighted by molar-refractivity contribution is 5.89. The lowest BCUT2D eigenvalue weighted by Crippen LogP contribution is -2.12. The van der Waals surface area contributed by atoms with Crippen molar-refractivity contribution in [3.8, 4) is 44.5 Å². The highest BCUT2D eigenvalue weighted by Gasteiger charge is 2.28. The van der Waals surface area contributed by atoms with Crippen LogP contribution in [0.3, 0.4) is 0 Å². The van der Waals surface area contributed by atoms with E-state index < -0.39 is 17.5 Å². The zero-order chi connectivity index (χ0) is 36.3. The van der Waals surface area contributed by atoms with Gasteiger partial charge in [-0.05, 0) is 95.5 Å². The summed E-state index contributed by atoms with van der Waals surface area (Å²) in [6.07, 6.45) is 0. The molecule has 0 fully saturated rings. The minimum Gasteiger partial charge on any atom is -0.206 e. The largest absolute Gasteiger partial charge is 0.206 e. The summed E-state index contributed by atoms with van der Waals surface area (Å²) in [5.41, 5.74) is 6.89. The third-order valence-electron chi connectivity index (χ3n) is 9.61. The first kappa shape index (κ1) is 36.2. The van der Waals surface area contributed by atoms with Gasteiger partial charge in [0, 0.05) is 5.56 Å². The van der Waals surface area contributed by atoms with Crippen molar-refractivity contribution in [2.45, 2.75) is 105 Å². The SMILES string of the molecule is CC(C)(C)c1ccc(-c2ccc(C(C)(C)C)cc2-c2cc(F)c(-c3cc(C(C)(C)C)ccc3-c3ccc(C(C)(C)C)cc3)c(F)c2F)cc1. The van der Waals surface area contributed by atoms with Gasteiger partial charge >= 0.3 is 0 Å². The Morgan fingerprint density at radius 3 is 1.06 bits per heavy atom. The molecule has 0 spiro atoms.